The highest BCUT2D eigenvalue weighted by molar-refractivity contribution is 7.14. The van der Waals surface area contributed by atoms with Gasteiger partial charge in [-0.3, -0.25) is 9.59 Å². The fraction of sp³-hybridized carbons (Fsp3) is 0.538. The minimum absolute atomic E-state index is 0.0802. The van der Waals surface area contributed by atoms with E-state index in [0.717, 1.165) is 35.9 Å². The number of aryl methyl sites for hydroxylation is 1. The molecule has 0 aliphatic carbocycles. The first-order chi connectivity index (χ1) is 8.66. The van der Waals surface area contributed by atoms with Gasteiger partial charge in [0.2, 0.25) is 5.91 Å². The first kappa shape index (κ1) is 13.2. The molecule has 0 spiro atoms. The molecule has 0 saturated carbocycles. The molecule has 1 N–H and O–H groups in total. The third kappa shape index (κ3) is 3.40. The minimum Gasteiger partial charge on any atom is -0.340 e. The molecular formula is C13H18N2O2S. The summed E-state index contributed by atoms with van der Waals surface area (Å²) in [6.07, 6.45) is 0.651. The van der Waals surface area contributed by atoms with Crippen LogP contribution in [-0.2, 0) is 4.79 Å². The van der Waals surface area contributed by atoms with Crippen LogP contribution in [0.1, 0.15) is 27.4 Å². The van der Waals surface area contributed by atoms with Gasteiger partial charge in [-0.15, -0.1) is 11.3 Å². The molecular weight excluding hydrogens is 248 g/mol. The van der Waals surface area contributed by atoms with Crippen LogP contribution < -0.4 is 5.32 Å². The van der Waals surface area contributed by atoms with Crippen LogP contribution >= 0.6 is 11.3 Å². The Labute approximate surface area is 111 Å². The van der Waals surface area contributed by atoms with Gasteiger partial charge in [0.15, 0.2) is 5.78 Å². The molecule has 1 aliphatic rings. The number of nitrogens with zero attached hydrogens (tertiary/aromatic N) is 1. The first-order valence-corrected chi connectivity index (χ1v) is 7.06. The van der Waals surface area contributed by atoms with Crippen LogP contribution in [0.3, 0.4) is 0 Å². The lowest BCUT2D eigenvalue weighted by molar-refractivity contribution is -0.131. The molecule has 2 heterocycles. The monoisotopic (exact) mass is 266 g/mol. The maximum Gasteiger partial charge on any atom is 0.223 e. The van der Waals surface area contributed by atoms with E-state index in [0.29, 0.717) is 12.8 Å². The summed E-state index contributed by atoms with van der Waals surface area (Å²) in [6.45, 7) is 5.19. The Morgan fingerprint density at radius 3 is 2.61 bits per heavy atom. The maximum absolute atomic E-state index is 11.9. The molecule has 5 heteroatoms. The Balaban J connectivity index is 1.80. The zero-order valence-electron chi connectivity index (χ0n) is 10.6. The van der Waals surface area contributed by atoms with Crippen molar-refractivity contribution < 1.29 is 9.59 Å². The quantitative estimate of drug-likeness (QED) is 0.839. The van der Waals surface area contributed by atoms with E-state index in [4.69, 9.17) is 0 Å². The summed E-state index contributed by atoms with van der Waals surface area (Å²) >= 11 is 1.50. The zero-order chi connectivity index (χ0) is 13.0. The molecule has 0 bridgehead atoms. The number of hydrogen-bond donors (Lipinski definition) is 1. The van der Waals surface area contributed by atoms with E-state index in [1.54, 1.807) is 0 Å². The second-order valence-corrected chi connectivity index (χ2v) is 5.75. The van der Waals surface area contributed by atoms with Gasteiger partial charge < -0.3 is 10.2 Å². The van der Waals surface area contributed by atoms with E-state index in [2.05, 4.69) is 5.32 Å². The molecule has 2 rings (SSSR count). The molecule has 98 valence electrons. The van der Waals surface area contributed by atoms with Crippen molar-refractivity contribution in [2.45, 2.75) is 19.8 Å². The van der Waals surface area contributed by atoms with Gasteiger partial charge in [0.25, 0.3) is 0 Å². The predicted octanol–water partition coefficient (Wildman–Crippen LogP) is 1.45. The standard InChI is InChI=1S/C13H18N2O2S/c1-10-2-4-12(18-10)11(16)3-5-13(17)15-8-6-14-7-9-15/h2,4,14H,3,5-9H2,1H3. The fourth-order valence-corrected chi connectivity index (χ4v) is 2.84. The first-order valence-electron chi connectivity index (χ1n) is 6.25. The molecule has 4 nitrogen and oxygen atoms in total. The van der Waals surface area contributed by atoms with Crippen LogP contribution in [0.25, 0.3) is 0 Å². The van der Waals surface area contributed by atoms with Crippen LogP contribution in [0.2, 0.25) is 0 Å². The molecule has 1 aromatic heterocycles. The number of amides is 1. The lowest BCUT2D eigenvalue weighted by Crippen LogP contribution is -2.46. The minimum atomic E-state index is 0.0802. The number of ketones is 1. The highest BCUT2D eigenvalue weighted by Gasteiger charge is 2.17. The van der Waals surface area contributed by atoms with E-state index in [1.807, 2.05) is 24.0 Å². The number of Topliss-reactive ketones (excluding diaryl/α,β-unsaturated/α-hetero) is 1. The largest absolute Gasteiger partial charge is 0.340 e. The summed E-state index contributed by atoms with van der Waals surface area (Å²) < 4.78 is 0. The van der Waals surface area contributed by atoms with Gasteiger partial charge in [0.05, 0.1) is 4.88 Å². The highest BCUT2D eigenvalue weighted by atomic mass is 32.1. The smallest absolute Gasteiger partial charge is 0.223 e. The molecule has 0 radical (unpaired) electrons. The van der Waals surface area contributed by atoms with Gasteiger partial charge >= 0.3 is 0 Å². The van der Waals surface area contributed by atoms with Gasteiger partial charge in [-0.05, 0) is 19.1 Å². The molecule has 1 aromatic rings. The number of rotatable bonds is 4. The van der Waals surface area contributed by atoms with E-state index >= 15 is 0 Å². The lowest BCUT2D eigenvalue weighted by Gasteiger charge is -2.27. The normalized spacial score (nSPS) is 15.7. The van der Waals surface area contributed by atoms with Gasteiger partial charge in [-0.2, -0.15) is 0 Å². The fourth-order valence-electron chi connectivity index (χ4n) is 2.00. The molecule has 1 fully saturated rings. The Kier molecular flexibility index (Phi) is 4.49. The molecule has 1 saturated heterocycles. The van der Waals surface area contributed by atoms with Crippen LogP contribution in [0.5, 0.6) is 0 Å². The summed E-state index contributed by atoms with van der Waals surface area (Å²) in [5, 5.41) is 3.20. The third-order valence-corrected chi connectivity index (χ3v) is 4.09. The van der Waals surface area contributed by atoms with Crippen LogP contribution in [0.4, 0.5) is 0 Å². The summed E-state index contributed by atoms with van der Waals surface area (Å²) in [5.74, 6) is 0.176. The summed E-state index contributed by atoms with van der Waals surface area (Å²) in [4.78, 5) is 27.5. The van der Waals surface area contributed by atoms with Gasteiger partial charge in [-0.25, -0.2) is 0 Å². The van der Waals surface area contributed by atoms with Crippen molar-refractivity contribution in [3.05, 3.63) is 21.9 Å². The Morgan fingerprint density at radius 2 is 2.00 bits per heavy atom. The van der Waals surface area contributed by atoms with Crippen molar-refractivity contribution in [3.63, 3.8) is 0 Å². The number of hydrogen-bond acceptors (Lipinski definition) is 4. The molecule has 18 heavy (non-hydrogen) atoms. The number of carbonyl (C=O) groups is 2. The Morgan fingerprint density at radius 1 is 1.28 bits per heavy atom. The number of thiophene rings is 1. The van der Waals surface area contributed by atoms with E-state index < -0.39 is 0 Å². The average molecular weight is 266 g/mol. The van der Waals surface area contributed by atoms with Crippen molar-refractivity contribution in [2.75, 3.05) is 26.2 Å². The van der Waals surface area contributed by atoms with Crippen LogP contribution in [0.15, 0.2) is 12.1 Å². The molecule has 1 aliphatic heterocycles. The Bertz CT molecular complexity index is 436. The maximum atomic E-state index is 11.9. The number of carbonyl (C=O) groups excluding carboxylic acids is 2. The lowest BCUT2D eigenvalue weighted by atomic mass is 10.1. The number of piperazine rings is 1. The zero-order valence-corrected chi connectivity index (χ0v) is 11.4. The van der Waals surface area contributed by atoms with Crippen LogP contribution in [0, 0.1) is 6.92 Å². The topological polar surface area (TPSA) is 49.4 Å². The van der Waals surface area contributed by atoms with Crippen molar-refractivity contribution in [1.29, 1.82) is 0 Å². The summed E-state index contributed by atoms with van der Waals surface area (Å²) in [5.41, 5.74) is 0. The second kappa shape index (κ2) is 6.11. The molecule has 1 amide bonds. The van der Waals surface area contributed by atoms with Gasteiger partial charge in [0.1, 0.15) is 0 Å². The molecule has 0 aromatic carbocycles. The third-order valence-electron chi connectivity index (χ3n) is 3.05. The average Bonchev–Trinajstić information content (AvgIpc) is 2.83. The van der Waals surface area contributed by atoms with Crippen molar-refractivity contribution in [2.24, 2.45) is 0 Å². The van der Waals surface area contributed by atoms with E-state index in [9.17, 15) is 9.59 Å². The van der Waals surface area contributed by atoms with Gasteiger partial charge in [-0.1, -0.05) is 0 Å². The SMILES string of the molecule is Cc1ccc(C(=O)CCC(=O)N2CCNCC2)s1. The summed E-state index contributed by atoms with van der Waals surface area (Å²) in [7, 11) is 0. The second-order valence-electron chi connectivity index (χ2n) is 4.46. The molecule has 0 unspecified atom stereocenters. The van der Waals surface area contributed by atoms with Crippen molar-refractivity contribution in [1.82, 2.24) is 10.2 Å². The highest BCUT2D eigenvalue weighted by Crippen LogP contribution is 2.17. The Hall–Kier alpha value is -1.20. The van der Waals surface area contributed by atoms with Gasteiger partial charge in [0, 0.05) is 43.9 Å². The van der Waals surface area contributed by atoms with Crippen molar-refractivity contribution >= 4 is 23.0 Å². The predicted molar refractivity (Wildman–Crippen MR) is 72.1 cm³/mol. The summed E-state index contributed by atoms with van der Waals surface area (Å²) in [6, 6.07) is 3.79. The molecule has 0 atom stereocenters. The number of nitrogens with one attached hydrogen (secondary N) is 1. The van der Waals surface area contributed by atoms with Crippen LogP contribution in [-0.4, -0.2) is 42.8 Å². The van der Waals surface area contributed by atoms with Crippen molar-refractivity contribution in [3.8, 4) is 0 Å². The van der Waals surface area contributed by atoms with E-state index in [-0.39, 0.29) is 11.7 Å². The van der Waals surface area contributed by atoms with E-state index in [1.165, 1.54) is 11.3 Å².